The number of hydrogen-bond acceptors (Lipinski definition) is 4. The standard InChI is InChI=1S/C48H32BN3O/c1-5-17-33(18-6-1)50(34-19-7-2-8-20-34)37-29-44-48-45(30-37)52(36-23-11-4-12-24-36)43-32-47-39(38-25-13-16-28-46(38)53-47)31-41(43)49(48)40-26-14-15-27-42(40)51(44)35-21-9-3-10-22-35/h1-32H. The molecule has 5 heteroatoms. The third-order valence-corrected chi connectivity index (χ3v) is 10.8. The summed E-state index contributed by atoms with van der Waals surface area (Å²) in [6.07, 6.45) is 0. The SMILES string of the molecule is c1ccc(N(c2ccccc2)c2cc3c4c(c2)N(c2ccccc2)c2cc5oc6ccccc6c5cc2B4c2ccccc2N3c2ccccc2)cc1. The molecule has 0 bridgehead atoms. The van der Waals surface area contributed by atoms with E-state index < -0.39 is 0 Å². The Bertz CT molecular complexity index is 2760. The van der Waals surface area contributed by atoms with Gasteiger partial charge in [0.25, 0.3) is 6.71 Å². The summed E-state index contributed by atoms with van der Waals surface area (Å²) in [5.74, 6) is 0. The number of anilines is 9. The van der Waals surface area contributed by atoms with Gasteiger partial charge >= 0.3 is 0 Å². The fourth-order valence-electron chi connectivity index (χ4n) is 8.59. The molecule has 0 fully saturated rings. The predicted molar refractivity (Wildman–Crippen MR) is 222 cm³/mol. The Morgan fingerprint density at radius 3 is 1.55 bits per heavy atom. The lowest BCUT2D eigenvalue weighted by molar-refractivity contribution is 0.669. The monoisotopic (exact) mass is 677 g/mol. The van der Waals surface area contributed by atoms with Gasteiger partial charge in [-0.15, -0.1) is 0 Å². The largest absolute Gasteiger partial charge is 0.456 e. The van der Waals surface area contributed by atoms with Gasteiger partial charge in [0.2, 0.25) is 0 Å². The zero-order valence-corrected chi connectivity index (χ0v) is 28.8. The normalized spacial score (nSPS) is 12.8. The summed E-state index contributed by atoms with van der Waals surface area (Å²) in [6, 6.07) is 69.7. The molecule has 0 N–H and O–H groups in total. The van der Waals surface area contributed by atoms with E-state index in [0.717, 1.165) is 67.4 Å². The zero-order valence-electron chi connectivity index (χ0n) is 28.8. The van der Waals surface area contributed by atoms with Gasteiger partial charge < -0.3 is 19.1 Å². The fourth-order valence-corrected chi connectivity index (χ4v) is 8.59. The minimum atomic E-state index is -0.0138. The van der Waals surface area contributed by atoms with Crippen molar-refractivity contribution in [2.45, 2.75) is 0 Å². The molecule has 53 heavy (non-hydrogen) atoms. The van der Waals surface area contributed by atoms with Gasteiger partial charge in [-0.25, -0.2) is 0 Å². The van der Waals surface area contributed by atoms with Crippen molar-refractivity contribution in [2.24, 2.45) is 0 Å². The molecule has 0 aliphatic carbocycles. The lowest BCUT2D eigenvalue weighted by Gasteiger charge is -2.45. The first-order valence-corrected chi connectivity index (χ1v) is 18.1. The minimum absolute atomic E-state index is 0.0138. The van der Waals surface area contributed by atoms with Crippen LogP contribution in [0.5, 0.6) is 0 Å². The van der Waals surface area contributed by atoms with Crippen molar-refractivity contribution in [1.29, 1.82) is 0 Å². The first kappa shape index (κ1) is 29.7. The summed E-state index contributed by atoms with van der Waals surface area (Å²) in [5.41, 5.74) is 15.7. The molecule has 8 aromatic carbocycles. The Labute approximate surface area is 308 Å². The van der Waals surface area contributed by atoms with E-state index in [1.165, 1.54) is 22.1 Å². The molecular formula is C48H32BN3O. The number of para-hydroxylation sites is 6. The number of benzene rings is 8. The zero-order chi connectivity index (χ0) is 34.9. The molecule has 248 valence electrons. The van der Waals surface area contributed by atoms with E-state index in [9.17, 15) is 0 Å². The van der Waals surface area contributed by atoms with E-state index in [2.05, 4.69) is 203 Å². The molecule has 3 heterocycles. The van der Waals surface area contributed by atoms with E-state index in [-0.39, 0.29) is 6.71 Å². The van der Waals surface area contributed by atoms with Gasteiger partial charge in [-0.3, -0.25) is 0 Å². The Kier molecular flexibility index (Phi) is 6.61. The molecule has 2 aliphatic rings. The van der Waals surface area contributed by atoms with E-state index in [0.29, 0.717) is 0 Å². The summed E-state index contributed by atoms with van der Waals surface area (Å²) in [5, 5.41) is 2.27. The molecule has 0 saturated carbocycles. The average molecular weight is 678 g/mol. The molecule has 0 unspecified atom stereocenters. The second kappa shape index (κ2) is 11.8. The van der Waals surface area contributed by atoms with Crippen LogP contribution in [0.15, 0.2) is 199 Å². The maximum atomic E-state index is 6.58. The van der Waals surface area contributed by atoms with E-state index in [4.69, 9.17) is 4.42 Å². The van der Waals surface area contributed by atoms with Crippen LogP contribution in [0, 0.1) is 0 Å². The van der Waals surface area contributed by atoms with Crippen LogP contribution in [0.1, 0.15) is 0 Å². The molecule has 9 aromatic rings. The highest BCUT2D eigenvalue weighted by Crippen LogP contribution is 2.48. The number of nitrogens with zero attached hydrogens (tertiary/aromatic N) is 3. The smallest absolute Gasteiger partial charge is 0.252 e. The number of furan rings is 1. The Balaban J connectivity index is 1.29. The Morgan fingerprint density at radius 2 is 0.906 bits per heavy atom. The van der Waals surface area contributed by atoms with Crippen LogP contribution in [0.4, 0.5) is 51.2 Å². The van der Waals surface area contributed by atoms with Gasteiger partial charge in [-0.05, 0) is 89.2 Å². The van der Waals surface area contributed by atoms with E-state index >= 15 is 0 Å². The van der Waals surface area contributed by atoms with Crippen LogP contribution in [-0.4, -0.2) is 6.71 Å². The van der Waals surface area contributed by atoms with Crippen molar-refractivity contribution >= 4 is 96.2 Å². The summed E-state index contributed by atoms with van der Waals surface area (Å²) >= 11 is 0. The Hall–Kier alpha value is -6.98. The molecule has 0 saturated heterocycles. The molecular weight excluding hydrogens is 645 g/mol. The van der Waals surface area contributed by atoms with E-state index in [1.807, 2.05) is 6.07 Å². The summed E-state index contributed by atoms with van der Waals surface area (Å²) < 4.78 is 6.58. The van der Waals surface area contributed by atoms with Crippen molar-refractivity contribution in [3.05, 3.63) is 194 Å². The highest BCUT2D eigenvalue weighted by molar-refractivity contribution is 7.00. The number of fused-ring (bicyclic) bond motifs is 7. The lowest BCUT2D eigenvalue weighted by atomic mass is 9.33. The highest BCUT2D eigenvalue weighted by atomic mass is 16.3. The topological polar surface area (TPSA) is 22.9 Å². The van der Waals surface area contributed by atoms with Crippen molar-refractivity contribution in [3.8, 4) is 0 Å². The molecule has 0 radical (unpaired) electrons. The maximum absolute atomic E-state index is 6.58. The van der Waals surface area contributed by atoms with Gasteiger partial charge in [0, 0.05) is 62.3 Å². The third-order valence-electron chi connectivity index (χ3n) is 10.8. The predicted octanol–water partition coefficient (Wildman–Crippen LogP) is 11.1. The Morgan fingerprint density at radius 1 is 0.377 bits per heavy atom. The average Bonchev–Trinajstić information content (AvgIpc) is 3.59. The first-order valence-electron chi connectivity index (χ1n) is 18.1. The van der Waals surface area contributed by atoms with Crippen LogP contribution in [0.3, 0.4) is 0 Å². The van der Waals surface area contributed by atoms with Gasteiger partial charge in [-0.2, -0.15) is 0 Å². The number of rotatable bonds is 5. The molecule has 0 atom stereocenters. The molecule has 1 aromatic heterocycles. The molecule has 4 nitrogen and oxygen atoms in total. The summed E-state index contributed by atoms with van der Waals surface area (Å²) in [7, 11) is 0. The van der Waals surface area contributed by atoms with Crippen LogP contribution in [-0.2, 0) is 0 Å². The van der Waals surface area contributed by atoms with Crippen LogP contribution in [0.25, 0.3) is 21.9 Å². The summed E-state index contributed by atoms with van der Waals surface area (Å²) in [4.78, 5) is 7.28. The van der Waals surface area contributed by atoms with Crippen molar-refractivity contribution in [2.75, 3.05) is 14.7 Å². The van der Waals surface area contributed by atoms with E-state index in [1.54, 1.807) is 0 Å². The van der Waals surface area contributed by atoms with Gasteiger partial charge in [0.05, 0.1) is 5.69 Å². The fraction of sp³-hybridized carbons (Fsp3) is 0. The van der Waals surface area contributed by atoms with Gasteiger partial charge in [0.15, 0.2) is 0 Å². The van der Waals surface area contributed by atoms with Crippen LogP contribution >= 0.6 is 0 Å². The first-order chi connectivity index (χ1) is 26.3. The number of hydrogen-bond donors (Lipinski definition) is 0. The molecule has 2 aliphatic heterocycles. The van der Waals surface area contributed by atoms with Crippen molar-refractivity contribution in [1.82, 2.24) is 0 Å². The van der Waals surface area contributed by atoms with Crippen molar-refractivity contribution in [3.63, 3.8) is 0 Å². The highest BCUT2D eigenvalue weighted by Gasteiger charge is 2.44. The van der Waals surface area contributed by atoms with Crippen LogP contribution in [0.2, 0.25) is 0 Å². The molecule has 11 rings (SSSR count). The van der Waals surface area contributed by atoms with Crippen LogP contribution < -0.4 is 31.1 Å². The molecule has 0 amide bonds. The van der Waals surface area contributed by atoms with Crippen molar-refractivity contribution < 1.29 is 4.42 Å². The maximum Gasteiger partial charge on any atom is 0.252 e. The summed E-state index contributed by atoms with van der Waals surface area (Å²) in [6.45, 7) is -0.0138. The van der Waals surface area contributed by atoms with Gasteiger partial charge in [-0.1, -0.05) is 115 Å². The molecule has 0 spiro atoms. The second-order valence-corrected chi connectivity index (χ2v) is 13.7. The quantitative estimate of drug-likeness (QED) is 0.169. The lowest BCUT2D eigenvalue weighted by Crippen LogP contribution is -2.61. The second-order valence-electron chi connectivity index (χ2n) is 13.7. The van der Waals surface area contributed by atoms with Gasteiger partial charge in [0.1, 0.15) is 11.2 Å². The minimum Gasteiger partial charge on any atom is -0.456 e. The third kappa shape index (κ3) is 4.57.